The molecule has 15 heavy (non-hydrogen) atoms. The first kappa shape index (κ1) is 13.9. The Bertz CT molecular complexity index is 273. The predicted octanol–water partition coefficient (Wildman–Crippen LogP) is 1.78. The van der Waals surface area contributed by atoms with Crippen molar-refractivity contribution >= 4 is 16.2 Å². The lowest BCUT2D eigenvalue weighted by atomic mass is 9.99. The molecule has 1 unspecified atom stereocenters. The number of carbonyl (C=O) groups is 1. The van der Waals surface area contributed by atoms with Crippen LogP contribution in [0.15, 0.2) is 37.5 Å². The minimum Gasteiger partial charge on any atom is -0.458 e. The Morgan fingerprint density at radius 3 is 2.27 bits per heavy atom. The van der Waals surface area contributed by atoms with Crippen molar-refractivity contribution in [3.63, 3.8) is 0 Å². The van der Waals surface area contributed by atoms with E-state index in [-0.39, 0.29) is 17.1 Å². The summed E-state index contributed by atoms with van der Waals surface area (Å²) in [5, 5.41) is -0.250. The van der Waals surface area contributed by atoms with E-state index in [4.69, 9.17) is 4.74 Å². The minimum atomic E-state index is -0.342. The quantitative estimate of drug-likeness (QED) is 0.297. The molecule has 0 N–H and O–H groups in total. The van der Waals surface area contributed by atoms with Crippen molar-refractivity contribution in [3.05, 3.63) is 37.5 Å². The molecule has 0 saturated heterocycles. The molecule has 0 aliphatic rings. The standard InChI is InChI=1S/C12H20O2Si/c1-6-10(12(15,7-2)8-3)14-11(13)9(4)5/h7-8,10H,2-4,6H2,1,5,15H3. The molecule has 0 aromatic rings. The molecule has 0 saturated carbocycles. The van der Waals surface area contributed by atoms with Gasteiger partial charge >= 0.3 is 5.97 Å². The summed E-state index contributed by atoms with van der Waals surface area (Å²) in [4.78, 5) is 11.4. The van der Waals surface area contributed by atoms with Crippen LogP contribution in [0.2, 0.25) is 5.04 Å². The summed E-state index contributed by atoms with van der Waals surface area (Å²) in [5.41, 5.74) is 0.422. The van der Waals surface area contributed by atoms with Crippen LogP contribution in [0.5, 0.6) is 0 Å². The second-order valence-electron chi connectivity index (χ2n) is 3.86. The van der Waals surface area contributed by atoms with Gasteiger partial charge in [0.25, 0.3) is 0 Å². The number of hydrogen-bond donors (Lipinski definition) is 0. The molecule has 0 aliphatic carbocycles. The van der Waals surface area contributed by atoms with Gasteiger partial charge < -0.3 is 4.74 Å². The number of carbonyl (C=O) groups excluding carboxylic acids is 1. The van der Waals surface area contributed by atoms with E-state index in [2.05, 4.69) is 19.7 Å². The zero-order valence-electron chi connectivity index (χ0n) is 9.88. The summed E-state index contributed by atoms with van der Waals surface area (Å²) < 4.78 is 5.36. The van der Waals surface area contributed by atoms with Gasteiger partial charge in [-0.1, -0.05) is 25.7 Å². The van der Waals surface area contributed by atoms with Gasteiger partial charge in [0.1, 0.15) is 6.10 Å². The van der Waals surface area contributed by atoms with Crippen molar-refractivity contribution in [1.82, 2.24) is 0 Å². The minimum absolute atomic E-state index is 0.177. The van der Waals surface area contributed by atoms with E-state index in [0.717, 1.165) is 16.7 Å². The van der Waals surface area contributed by atoms with Crippen LogP contribution in [0.4, 0.5) is 0 Å². The summed E-state index contributed by atoms with van der Waals surface area (Å²) in [7, 11) is 0.821. The van der Waals surface area contributed by atoms with Crippen molar-refractivity contribution in [2.24, 2.45) is 0 Å². The number of hydrogen-bond acceptors (Lipinski definition) is 2. The summed E-state index contributed by atoms with van der Waals surface area (Å²) in [6.45, 7) is 14.7. The van der Waals surface area contributed by atoms with E-state index in [1.54, 1.807) is 6.92 Å². The van der Waals surface area contributed by atoms with Gasteiger partial charge in [-0.25, -0.2) is 4.79 Å². The van der Waals surface area contributed by atoms with E-state index < -0.39 is 0 Å². The van der Waals surface area contributed by atoms with Crippen LogP contribution in [0, 0.1) is 0 Å². The average molecular weight is 224 g/mol. The molecule has 0 aliphatic heterocycles. The highest BCUT2D eigenvalue weighted by atomic mass is 28.1. The van der Waals surface area contributed by atoms with Gasteiger partial charge in [0, 0.05) is 20.9 Å². The maximum atomic E-state index is 11.4. The van der Waals surface area contributed by atoms with E-state index >= 15 is 0 Å². The first-order valence-electron chi connectivity index (χ1n) is 5.05. The third-order valence-electron chi connectivity index (χ3n) is 2.54. The molecule has 0 radical (unpaired) electrons. The van der Waals surface area contributed by atoms with Crippen LogP contribution in [-0.2, 0) is 9.53 Å². The van der Waals surface area contributed by atoms with Crippen molar-refractivity contribution in [2.75, 3.05) is 0 Å². The van der Waals surface area contributed by atoms with E-state index in [0.29, 0.717) is 5.57 Å². The second kappa shape index (κ2) is 5.71. The molecule has 2 nitrogen and oxygen atoms in total. The largest absolute Gasteiger partial charge is 0.458 e. The van der Waals surface area contributed by atoms with Gasteiger partial charge in [0.05, 0.1) is 0 Å². The van der Waals surface area contributed by atoms with Gasteiger partial charge in [-0.3, -0.25) is 0 Å². The molecule has 0 fully saturated rings. The molecule has 1 atom stereocenters. The highest BCUT2D eigenvalue weighted by Gasteiger charge is 2.30. The van der Waals surface area contributed by atoms with Crippen LogP contribution in [-0.4, -0.2) is 22.3 Å². The predicted molar refractivity (Wildman–Crippen MR) is 68.0 cm³/mol. The Morgan fingerprint density at radius 2 is 2.00 bits per heavy atom. The molecule has 3 heteroatoms. The molecule has 0 amide bonds. The zero-order valence-corrected chi connectivity index (χ0v) is 11.9. The second-order valence-corrected chi connectivity index (χ2v) is 5.59. The van der Waals surface area contributed by atoms with Crippen LogP contribution in [0.3, 0.4) is 0 Å². The van der Waals surface area contributed by atoms with Crippen molar-refractivity contribution in [3.8, 4) is 0 Å². The van der Waals surface area contributed by atoms with Gasteiger partial charge in [0.15, 0.2) is 0 Å². The summed E-state index contributed by atoms with van der Waals surface area (Å²) >= 11 is 0. The summed E-state index contributed by atoms with van der Waals surface area (Å²) in [6, 6.07) is 0. The van der Waals surface area contributed by atoms with E-state index in [1.165, 1.54) is 0 Å². The fourth-order valence-corrected chi connectivity index (χ4v) is 1.75. The van der Waals surface area contributed by atoms with Crippen LogP contribution in [0.1, 0.15) is 20.3 Å². The third kappa shape index (κ3) is 3.51. The van der Waals surface area contributed by atoms with Gasteiger partial charge in [-0.2, -0.15) is 0 Å². The average Bonchev–Trinajstić information content (AvgIpc) is 2.24. The number of ether oxygens (including phenoxy) is 1. The molecule has 0 heterocycles. The molecule has 84 valence electrons. The van der Waals surface area contributed by atoms with Gasteiger partial charge in [-0.15, -0.1) is 13.2 Å². The molecule has 0 aromatic heterocycles. The molecule has 0 bridgehead atoms. The van der Waals surface area contributed by atoms with E-state index in [9.17, 15) is 4.79 Å². The Labute approximate surface area is 95.1 Å². The first-order chi connectivity index (χ1) is 6.91. The highest BCUT2D eigenvalue weighted by Crippen LogP contribution is 2.33. The summed E-state index contributed by atoms with van der Waals surface area (Å²) in [5.74, 6) is -0.342. The lowest BCUT2D eigenvalue weighted by molar-refractivity contribution is -0.145. The maximum Gasteiger partial charge on any atom is 0.333 e. The zero-order chi connectivity index (χ0) is 12.1. The van der Waals surface area contributed by atoms with Gasteiger partial charge in [0.2, 0.25) is 0 Å². The first-order valence-corrected chi connectivity index (χ1v) is 6.05. The third-order valence-corrected chi connectivity index (χ3v) is 4.00. The Morgan fingerprint density at radius 1 is 1.53 bits per heavy atom. The molecule has 0 rings (SSSR count). The molecule has 0 aromatic carbocycles. The molecular weight excluding hydrogens is 204 g/mol. The fourth-order valence-electron chi connectivity index (χ4n) is 1.23. The Balaban J connectivity index is 4.76. The summed E-state index contributed by atoms with van der Waals surface area (Å²) in [6.07, 6.45) is 4.20. The lowest BCUT2D eigenvalue weighted by Gasteiger charge is -2.31. The van der Waals surface area contributed by atoms with Crippen LogP contribution >= 0.6 is 0 Å². The van der Waals surface area contributed by atoms with Crippen molar-refractivity contribution < 1.29 is 9.53 Å². The van der Waals surface area contributed by atoms with Crippen LogP contribution < -0.4 is 0 Å². The number of esters is 1. The van der Waals surface area contributed by atoms with Gasteiger partial charge in [-0.05, 0) is 13.3 Å². The van der Waals surface area contributed by atoms with Crippen molar-refractivity contribution in [2.45, 2.75) is 31.4 Å². The van der Waals surface area contributed by atoms with Crippen LogP contribution in [0.25, 0.3) is 0 Å². The number of rotatable bonds is 6. The highest BCUT2D eigenvalue weighted by molar-refractivity contribution is 6.18. The molecule has 0 spiro atoms. The fraction of sp³-hybridized carbons (Fsp3) is 0.417. The maximum absolute atomic E-state index is 11.4. The molecular formula is C12H20O2Si. The SMILES string of the molecule is C=CC([SiH3])(C=C)C(CC)OC(=O)C(=C)C. The Kier molecular flexibility index (Phi) is 5.29. The van der Waals surface area contributed by atoms with E-state index in [1.807, 2.05) is 19.1 Å². The van der Waals surface area contributed by atoms with Crippen molar-refractivity contribution in [1.29, 1.82) is 0 Å². The lowest BCUT2D eigenvalue weighted by Crippen LogP contribution is -2.30. The normalized spacial score (nSPS) is 12.9. The Hall–Kier alpha value is -1.09. The smallest absolute Gasteiger partial charge is 0.333 e. The monoisotopic (exact) mass is 224 g/mol. The topological polar surface area (TPSA) is 26.3 Å².